The van der Waals surface area contributed by atoms with Crippen LogP contribution in [0.2, 0.25) is 0 Å². The van der Waals surface area contributed by atoms with Crippen LogP contribution in [0.25, 0.3) is 22.2 Å². The lowest BCUT2D eigenvalue weighted by Gasteiger charge is -2.13. The summed E-state index contributed by atoms with van der Waals surface area (Å²) in [5.74, 6) is -1.30. The first kappa shape index (κ1) is 21.5. The molecule has 13 heteroatoms. The van der Waals surface area contributed by atoms with Crippen LogP contribution in [0.1, 0.15) is 0 Å². The third-order valence-electron chi connectivity index (χ3n) is 4.24. The summed E-state index contributed by atoms with van der Waals surface area (Å²) in [6.07, 6.45) is 6.12. The average molecular weight is 464 g/mol. The highest BCUT2D eigenvalue weighted by Gasteiger charge is 2.22. The second kappa shape index (κ2) is 9.18. The van der Waals surface area contributed by atoms with Gasteiger partial charge in [0.05, 0.1) is 42.1 Å². The van der Waals surface area contributed by atoms with Gasteiger partial charge in [0.15, 0.2) is 0 Å². The van der Waals surface area contributed by atoms with Gasteiger partial charge in [0, 0.05) is 24.0 Å². The summed E-state index contributed by atoms with van der Waals surface area (Å²) in [7, 11) is 2.50. The van der Waals surface area contributed by atoms with Gasteiger partial charge in [0.25, 0.3) is 11.8 Å². The fraction of sp³-hybridized carbons (Fsp3) is 0.158. The Morgan fingerprint density at radius 2 is 1.84 bits per heavy atom. The van der Waals surface area contributed by atoms with Crippen molar-refractivity contribution in [3.63, 3.8) is 0 Å². The van der Waals surface area contributed by atoms with Crippen molar-refractivity contribution in [1.29, 1.82) is 0 Å². The first-order chi connectivity index (χ1) is 15.5. The van der Waals surface area contributed by atoms with Gasteiger partial charge in [-0.25, -0.2) is 4.39 Å². The molecule has 0 saturated heterocycles. The molecule has 1 aromatic carbocycles. The van der Waals surface area contributed by atoms with Crippen LogP contribution in [0.15, 0.2) is 41.8 Å². The van der Waals surface area contributed by atoms with Crippen molar-refractivity contribution in [3.8, 4) is 28.8 Å². The fourth-order valence-electron chi connectivity index (χ4n) is 2.93. The summed E-state index contributed by atoms with van der Waals surface area (Å²) in [6, 6.07) is 2.95. The molecular formula is C19H15F3N6O3S. The first-order valence-electron chi connectivity index (χ1n) is 8.95. The number of fused-ring (bicyclic) bond motifs is 1. The number of anilines is 1. The summed E-state index contributed by atoms with van der Waals surface area (Å²) in [6.45, 7) is -3.11. The topological polar surface area (TPSA) is 107 Å². The van der Waals surface area contributed by atoms with Gasteiger partial charge in [-0.3, -0.25) is 14.7 Å². The number of hydrogen-bond acceptors (Lipinski definition) is 9. The van der Waals surface area contributed by atoms with Gasteiger partial charge >= 0.3 is 6.61 Å². The highest BCUT2D eigenvalue weighted by molar-refractivity contribution is 8.00. The van der Waals surface area contributed by atoms with Crippen LogP contribution in [-0.2, 0) is 0 Å². The number of alkyl halides is 2. The Kier molecular flexibility index (Phi) is 6.16. The van der Waals surface area contributed by atoms with E-state index in [1.807, 2.05) is 0 Å². The van der Waals surface area contributed by atoms with Gasteiger partial charge in [-0.15, -0.1) is 0 Å². The molecule has 4 rings (SSSR count). The zero-order valence-corrected chi connectivity index (χ0v) is 17.4. The van der Waals surface area contributed by atoms with Crippen molar-refractivity contribution in [2.24, 2.45) is 0 Å². The van der Waals surface area contributed by atoms with E-state index in [1.54, 1.807) is 12.3 Å². The zero-order chi connectivity index (χ0) is 22.7. The summed E-state index contributed by atoms with van der Waals surface area (Å²) < 4.78 is 57.2. The molecule has 9 nitrogen and oxygen atoms in total. The Hall–Kier alpha value is -3.74. The molecule has 0 aliphatic carbocycles. The minimum Gasteiger partial charge on any atom is -0.478 e. The average Bonchev–Trinajstić information content (AvgIpc) is 3.21. The monoisotopic (exact) mass is 464 g/mol. The van der Waals surface area contributed by atoms with Crippen molar-refractivity contribution in [2.45, 2.75) is 11.5 Å². The molecule has 3 heterocycles. The van der Waals surface area contributed by atoms with E-state index < -0.39 is 18.2 Å². The molecule has 166 valence electrons. The highest BCUT2D eigenvalue weighted by atomic mass is 32.2. The van der Waals surface area contributed by atoms with E-state index in [1.165, 1.54) is 38.9 Å². The van der Waals surface area contributed by atoms with Crippen molar-refractivity contribution in [1.82, 2.24) is 24.9 Å². The summed E-state index contributed by atoms with van der Waals surface area (Å²) in [5.41, 5.74) is 1.21. The summed E-state index contributed by atoms with van der Waals surface area (Å²) >= 11 is 1.11. The molecular weight excluding hydrogens is 449 g/mol. The number of halogens is 3. The number of nitrogens with zero attached hydrogens (tertiary/aromatic N) is 4. The fourth-order valence-corrected chi connectivity index (χ4v) is 3.62. The first-order valence-corrected chi connectivity index (χ1v) is 9.77. The second-order valence-electron chi connectivity index (χ2n) is 6.07. The minimum atomic E-state index is -3.11. The largest absolute Gasteiger partial charge is 0.478 e. The molecule has 3 aromatic heterocycles. The van der Waals surface area contributed by atoms with Crippen molar-refractivity contribution < 1.29 is 27.4 Å². The maximum Gasteiger partial charge on any atom is 0.387 e. The number of methoxy groups -OCH3 is 2. The molecule has 0 fully saturated rings. The molecule has 0 spiro atoms. The van der Waals surface area contributed by atoms with E-state index in [0.717, 1.165) is 11.9 Å². The van der Waals surface area contributed by atoms with Crippen molar-refractivity contribution >= 4 is 28.8 Å². The Morgan fingerprint density at radius 3 is 2.47 bits per heavy atom. The number of hydrogen-bond donors (Lipinski definition) is 2. The zero-order valence-electron chi connectivity index (χ0n) is 16.6. The van der Waals surface area contributed by atoms with Crippen LogP contribution in [0.5, 0.6) is 17.5 Å². The Morgan fingerprint density at radius 1 is 1.09 bits per heavy atom. The van der Waals surface area contributed by atoms with Gasteiger partial charge in [-0.2, -0.15) is 18.7 Å². The minimum absolute atomic E-state index is 0.0240. The van der Waals surface area contributed by atoms with E-state index in [4.69, 9.17) is 9.47 Å². The van der Waals surface area contributed by atoms with Crippen LogP contribution in [-0.4, -0.2) is 45.8 Å². The predicted octanol–water partition coefficient (Wildman–Crippen LogP) is 4.29. The molecule has 4 aromatic rings. The summed E-state index contributed by atoms with van der Waals surface area (Å²) in [4.78, 5) is 19.9. The van der Waals surface area contributed by atoms with Crippen molar-refractivity contribution in [2.75, 3.05) is 18.9 Å². The number of rotatable bonds is 8. The van der Waals surface area contributed by atoms with Crippen LogP contribution in [0.4, 0.5) is 19.1 Å². The molecule has 0 saturated carbocycles. The molecule has 0 unspecified atom stereocenters. The lowest BCUT2D eigenvalue weighted by atomic mass is 10.1. The quantitative estimate of drug-likeness (QED) is 0.369. The van der Waals surface area contributed by atoms with Gasteiger partial charge < -0.3 is 19.2 Å². The van der Waals surface area contributed by atoms with Gasteiger partial charge in [0.2, 0.25) is 11.7 Å². The molecule has 0 aliphatic rings. The number of H-pyrrole nitrogens is 1. The SMILES string of the molecule is COc1nc(NSc2c[nH]c3c(-c4cnccn4)c(F)ccc23)nc(OC)c1OC(F)F. The predicted molar refractivity (Wildman–Crippen MR) is 111 cm³/mol. The standard InChI is InChI=1S/C19H15F3N6O3S/c1-29-16-15(31-18(21)22)17(30-2)27-19(26-16)28-32-12-8-25-14-9(12)3-4-10(20)13(14)11-7-23-5-6-24-11/h3-8,18,25H,1-2H3,(H,26,27,28). The van der Waals surface area contributed by atoms with Gasteiger partial charge in [-0.1, -0.05) is 0 Å². The van der Waals surface area contributed by atoms with E-state index >= 15 is 0 Å². The Bertz CT molecular complexity index is 1220. The maximum atomic E-state index is 14.5. The smallest absolute Gasteiger partial charge is 0.387 e. The lowest BCUT2D eigenvalue weighted by molar-refractivity contribution is -0.0533. The van der Waals surface area contributed by atoms with E-state index in [2.05, 4.69) is 34.4 Å². The lowest BCUT2D eigenvalue weighted by Crippen LogP contribution is -2.08. The molecule has 0 atom stereocenters. The molecule has 0 radical (unpaired) electrons. The molecule has 0 aliphatic heterocycles. The van der Waals surface area contributed by atoms with Crippen LogP contribution in [0.3, 0.4) is 0 Å². The third-order valence-corrected chi connectivity index (χ3v) is 5.08. The van der Waals surface area contributed by atoms with E-state index in [0.29, 0.717) is 21.5 Å². The number of benzene rings is 1. The third kappa shape index (κ3) is 4.19. The number of aromatic nitrogens is 5. The normalized spacial score (nSPS) is 11.1. The van der Waals surface area contributed by atoms with Gasteiger partial charge in [-0.05, 0) is 24.1 Å². The number of aromatic amines is 1. The maximum absolute atomic E-state index is 14.5. The number of ether oxygens (including phenoxy) is 3. The molecule has 2 N–H and O–H groups in total. The molecule has 0 bridgehead atoms. The highest BCUT2D eigenvalue weighted by Crippen LogP contribution is 2.38. The van der Waals surface area contributed by atoms with E-state index in [-0.39, 0.29) is 23.3 Å². The molecule has 32 heavy (non-hydrogen) atoms. The Labute approximate surface area is 183 Å². The van der Waals surface area contributed by atoms with Crippen molar-refractivity contribution in [3.05, 3.63) is 42.7 Å². The van der Waals surface area contributed by atoms with Crippen LogP contribution >= 0.6 is 11.9 Å². The number of nitrogens with one attached hydrogen (secondary N) is 2. The summed E-state index contributed by atoms with van der Waals surface area (Å²) in [5, 5.41) is 0.709. The van der Waals surface area contributed by atoms with E-state index in [9.17, 15) is 13.2 Å². The Balaban J connectivity index is 1.64. The molecule has 0 amide bonds. The van der Waals surface area contributed by atoms with Gasteiger partial charge in [0.1, 0.15) is 5.82 Å². The van der Waals surface area contributed by atoms with Crippen LogP contribution in [0, 0.1) is 5.82 Å². The second-order valence-corrected chi connectivity index (χ2v) is 6.91. The van der Waals surface area contributed by atoms with Crippen LogP contribution < -0.4 is 18.9 Å².